The second-order valence-corrected chi connectivity index (χ2v) is 8.08. The summed E-state index contributed by atoms with van der Waals surface area (Å²) in [5.74, 6) is -0.560. The molecule has 10 heteroatoms. The van der Waals surface area contributed by atoms with Crippen molar-refractivity contribution in [2.75, 3.05) is 21.0 Å². The van der Waals surface area contributed by atoms with Crippen LogP contribution in [0.3, 0.4) is 0 Å². The fourth-order valence-electron chi connectivity index (χ4n) is 2.84. The average molecular weight is 437 g/mol. The van der Waals surface area contributed by atoms with Crippen LogP contribution in [0.25, 0.3) is 6.08 Å². The fraction of sp³-hybridized carbons (Fsp3) is 0.250. The third-order valence-electron chi connectivity index (χ3n) is 4.28. The lowest BCUT2D eigenvalue weighted by atomic mass is 10.1. The zero-order valence-corrected chi connectivity index (χ0v) is 17.1. The highest BCUT2D eigenvalue weighted by Gasteiger charge is 2.19. The van der Waals surface area contributed by atoms with Crippen molar-refractivity contribution in [1.29, 1.82) is 0 Å². The number of hydrogen-bond acceptors (Lipinski definition) is 7. The molecule has 160 valence electrons. The standard InChI is InChI=1S/C20H20FNO7S/c1-22-30(24,25)18-7-13(3-5-17(18)26-2)4-6-19(23)28-11-15-9-16(21)8-14-10-27-12-29-20(14)15/h3-9,22H,10-12H2,1-2H3/b6-4+. The van der Waals surface area contributed by atoms with Crippen LogP contribution in [0.1, 0.15) is 16.7 Å². The first-order valence-electron chi connectivity index (χ1n) is 8.82. The molecule has 0 saturated carbocycles. The Morgan fingerprint density at radius 2 is 2.10 bits per heavy atom. The van der Waals surface area contributed by atoms with Crippen molar-refractivity contribution in [3.8, 4) is 11.5 Å². The van der Waals surface area contributed by atoms with Crippen molar-refractivity contribution in [3.05, 3.63) is 58.9 Å². The van der Waals surface area contributed by atoms with Crippen LogP contribution < -0.4 is 14.2 Å². The molecule has 0 fully saturated rings. The first-order chi connectivity index (χ1) is 14.3. The number of nitrogens with one attached hydrogen (secondary N) is 1. The van der Waals surface area contributed by atoms with Gasteiger partial charge in [-0.25, -0.2) is 22.3 Å². The largest absolute Gasteiger partial charge is 0.495 e. The van der Waals surface area contributed by atoms with E-state index in [9.17, 15) is 17.6 Å². The second-order valence-electron chi connectivity index (χ2n) is 6.22. The van der Waals surface area contributed by atoms with E-state index >= 15 is 0 Å². The van der Waals surface area contributed by atoms with E-state index in [0.717, 1.165) is 6.08 Å². The second kappa shape index (κ2) is 9.24. The summed E-state index contributed by atoms with van der Waals surface area (Å²) in [7, 11) is -1.10. The van der Waals surface area contributed by atoms with Crippen LogP contribution in [0.5, 0.6) is 11.5 Å². The molecule has 0 amide bonds. The number of esters is 1. The smallest absolute Gasteiger partial charge is 0.331 e. The quantitative estimate of drug-likeness (QED) is 0.524. The summed E-state index contributed by atoms with van der Waals surface area (Å²) in [5.41, 5.74) is 1.38. The van der Waals surface area contributed by atoms with Gasteiger partial charge in [0.2, 0.25) is 10.0 Å². The first-order valence-corrected chi connectivity index (χ1v) is 10.3. The Labute approximate surface area is 173 Å². The summed E-state index contributed by atoms with van der Waals surface area (Å²) in [5, 5.41) is 0. The molecule has 0 spiro atoms. The van der Waals surface area contributed by atoms with Gasteiger partial charge >= 0.3 is 5.97 Å². The molecule has 0 saturated heterocycles. The maximum absolute atomic E-state index is 13.7. The average Bonchev–Trinajstić information content (AvgIpc) is 2.75. The van der Waals surface area contributed by atoms with Crippen LogP contribution >= 0.6 is 0 Å². The van der Waals surface area contributed by atoms with Crippen LogP contribution in [-0.2, 0) is 37.5 Å². The monoisotopic (exact) mass is 437 g/mol. The van der Waals surface area contributed by atoms with Gasteiger partial charge in [-0.3, -0.25) is 0 Å². The summed E-state index contributed by atoms with van der Waals surface area (Å²) < 4.78 is 60.9. The van der Waals surface area contributed by atoms with E-state index in [4.69, 9.17) is 18.9 Å². The minimum atomic E-state index is -3.75. The molecular formula is C20H20FNO7S. The lowest BCUT2D eigenvalue weighted by Gasteiger charge is -2.20. The first kappa shape index (κ1) is 21.8. The molecule has 2 aromatic carbocycles. The number of benzene rings is 2. The molecule has 8 nitrogen and oxygen atoms in total. The van der Waals surface area contributed by atoms with Crippen molar-refractivity contribution in [3.63, 3.8) is 0 Å². The topological polar surface area (TPSA) is 100 Å². The van der Waals surface area contributed by atoms with Gasteiger partial charge in [0.15, 0.2) is 6.79 Å². The lowest BCUT2D eigenvalue weighted by Crippen LogP contribution is -2.19. The van der Waals surface area contributed by atoms with Crippen molar-refractivity contribution in [2.45, 2.75) is 18.1 Å². The third-order valence-corrected chi connectivity index (χ3v) is 5.71. The predicted octanol–water partition coefficient (Wildman–Crippen LogP) is 2.37. The number of carbonyl (C=O) groups excluding carboxylic acids is 1. The molecule has 1 heterocycles. The van der Waals surface area contributed by atoms with E-state index in [1.165, 1.54) is 44.5 Å². The van der Waals surface area contributed by atoms with Gasteiger partial charge in [0.1, 0.15) is 28.8 Å². The van der Waals surface area contributed by atoms with E-state index in [-0.39, 0.29) is 30.7 Å². The predicted molar refractivity (Wildman–Crippen MR) is 105 cm³/mol. The molecule has 0 aromatic heterocycles. The highest BCUT2D eigenvalue weighted by Crippen LogP contribution is 2.30. The van der Waals surface area contributed by atoms with Gasteiger partial charge in [-0.1, -0.05) is 6.07 Å². The molecule has 0 aliphatic carbocycles. The summed E-state index contributed by atoms with van der Waals surface area (Å²) in [6, 6.07) is 6.98. The third kappa shape index (κ3) is 4.96. The Hall–Kier alpha value is -2.95. The molecule has 0 radical (unpaired) electrons. The zero-order valence-electron chi connectivity index (χ0n) is 16.3. The van der Waals surface area contributed by atoms with Gasteiger partial charge < -0.3 is 18.9 Å². The Morgan fingerprint density at radius 1 is 1.30 bits per heavy atom. The fourth-order valence-corrected chi connectivity index (χ4v) is 3.77. The van der Waals surface area contributed by atoms with Crippen LogP contribution in [0.2, 0.25) is 0 Å². The Bertz CT molecular complexity index is 1080. The van der Waals surface area contributed by atoms with Gasteiger partial charge in [0, 0.05) is 17.2 Å². The maximum atomic E-state index is 13.7. The van der Waals surface area contributed by atoms with E-state index < -0.39 is 21.8 Å². The van der Waals surface area contributed by atoms with Crippen LogP contribution in [0.4, 0.5) is 4.39 Å². The van der Waals surface area contributed by atoms with Gasteiger partial charge in [-0.2, -0.15) is 0 Å². The Morgan fingerprint density at radius 3 is 2.83 bits per heavy atom. The number of halogens is 1. The molecule has 0 unspecified atom stereocenters. The molecule has 1 N–H and O–H groups in total. The van der Waals surface area contributed by atoms with E-state index in [1.807, 2.05) is 0 Å². The van der Waals surface area contributed by atoms with Gasteiger partial charge in [0.25, 0.3) is 0 Å². The van der Waals surface area contributed by atoms with Crippen LogP contribution in [0.15, 0.2) is 41.3 Å². The number of hydrogen-bond donors (Lipinski definition) is 1. The van der Waals surface area contributed by atoms with Crippen LogP contribution in [0, 0.1) is 5.82 Å². The molecular weight excluding hydrogens is 417 g/mol. The molecule has 3 rings (SSSR count). The summed E-state index contributed by atoms with van der Waals surface area (Å²) in [4.78, 5) is 12.0. The summed E-state index contributed by atoms with van der Waals surface area (Å²) in [6.07, 6.45) is 2.55. The molecule has 1 aliphatic rings. The van der Waals surface area contributed by atoms with E-state index in [0.29, 0.717) is 22.4 Å². The van der Waals surface area contributed by atoms with Crippen LogP contribution in [-0.4, -0.2) is 35.3 Å². The van der Waals surface area contributed by atoms with Gasteiger partial charge in [-0.15, -0.1) is 0 Å². The molecule has 0 atom stereocenters. The number of carbonyl (C=O) groups is 1. The zero-order chi connectivity index (χ0) is 21.7. The Balaban J connectivity index is 1.72. The number of sulfonamides is 1. The number of rotatable bonds is 7. The molecule has 30 heavy (non-hydrogen) atoms. The minimum Gasteiger partial charge on any atom is -0.495 e. The number of fused-ring (bicyclic) bond motifs is 1. The SMILES string of the molecule is CNS(=O)(=O)c1cc(/C=C/C(=O)OCc2cc(F)cc3c2OCOC3)ccc1OC. The molecule has 0 bridgehead atoms. The molecule has 2 aromatic rings. The highest BCUT2D eigenvalue weighted by molar-refractivity contribution is 7.89. The van der Waals surface area contributed by atoms with E-state index in [1.54, 1.807) is 6.07 Å². The van der Waals surface area contributed by atoms with E-state index in [2.05, 4.69) is 4.72 Å². The summed E-state index contributed by atoms with van der Waals surface area (Å²) >= 11 is 0. The lowest BCUT2D eigenvalue weighted by molar-refractivity contribution is -0.139. The molecule has 1 aliphatic heterocycles. The van der Waals surface area contributed by atoms with Crippen molar-refractivity contribution < 1.29 is 36.6 Å². The minimum absolute atomic E-state index is 0.0365. The summed E-state index contributed by atoms with van der Waals surface area (Å²) in [6.45, 7) is 0.0589. The van der Waals surface area contributed by atoms with Gasteiger partial charge in [0.05, 0.1) is 13.7 Å². The maximum Gasteiger partial charge on any atom is 0.331 e. The van der Waals surface area contributed by atoms with Crippen molar-refractivity contribution >= 4 is 22.1 Å². The number of methoxy groups -OCH3 is 1. The Kier molecular flexibility index (Phi) is 6.70. The van der Waals surface area contributed by atoms with Gasteiger partial charge in [-0.05, 0) is 43.0 Å². The normalized spacial score (nSPS) is 13.6. The number of ether oxygens (including phenoxy) is 4. The van der Waals surface area contributed by atoms with Crippen molar-refractivity contribution in [2.24, 2.45) is 0 Å². The van der Waals surface area contributed by atoms with Crippen molar-refractivity contribution in [1.82, 2.24) is 4.72 Å². The highest BCUT2D eigenvalue weighted by atomic mass is 32.2.